The molecule has 2 N–H and O–H groups in total. The molecule has 1 unspecified atom stereocenters. The van der Waals surface area contributed by atoms with Gasteiger partial charge in [0.1, 0.15) is 42.0 Å². The predicted octanol–water partition coefficient (Wildman–Crippen LogP) is 10.1. The van der Waals surface area contributed by atoms with Gasteiger partial charge in [-0.3, -0.25) is 9.05 Å². The van der Waals surface area contributed by atoms with Gasteiger partial charge in [-0.1, -0.05) is 121 Å². The molecule has 0 aliphatic carbocycles. The Bertz CT molecular complexity index is 1740. The summed E-state index contributed by atoms with van der Waals surface area (Å²) in [4.78, 5) is 4.05. The first-order valence-electron chi connectivity index (χ1n) is 20.6. The molecule has 3 aromatic rings. The molecule has 0 radical (unpaired) electrons. The predicted molar refractivity (Wildman–Crippen MR) is 215 cm³/mol. The fourth-order valence-corrected chi connectivity index (χ4v) is 8.86. The Kier molecular flexibility index (Phi) is 17.3. The van der Waals surface area contributed by atoms with Crippen LogP contribution in [0.25, 0.3) is 5.52 Å². The van der Waals surface area contributed by atoms with E-state index in [0.717, 1.165) is 12.8 Å². The number of unbranched alkanes of at least 4 members (excludes halogenated alkanes) is 14. The van der Waals surface area contributed by atoms with Crippen LogP contribution < -0.4 is 10.3 Å². The number of fused-ring (bicyclic) bond motifs is 2. The van der Waals surface area contributed by atoms with Gasteiger partial charge in [0.15, 0.2) is 11.6 Å². The van der Waals surface area contributed by atoms with E-state index in [9.17, 15) is 9.83 Å². The third-order valence-corrected chi connectivity index (χ3v) is 12.0. The molecule has 2 aromatic heterocycles. The SMILES string of the molecule is CCCCCCCCCCCCCCCCCOCCCOP(=O)(OC[C@H]1O[C@@](C#N)(c2ccc3c(N)ncnn23)[C@@H]2OC(C)(C)O[C@@H]21)Oc1ccccc1Cl. The standard InChI is InChI=1S/C41H61ClN5O8P/c1-4-5-6-7-8-9-10-11-12-13-14-15-16-17-20-26-49-27-21-28-50-56(48,55-34-23-19-18-22-32(34)42)51-29-35-37-38(54-40(2,3)53-37)41(30-43,52-35)36-25-24-33-39(44)45-31-46-47(33)36/h18-19,22-25,31,35,37-38H,4-17,20-21,26-29H2,1-3H3,(H2,44,45,46)/t35-,37-,38-,41+,56?/m1/s1. The first-order chi connectivity index (χ1) is 27.1. The van der Waals surface area contributed by atoms with E-state index in [1.54, 1.807) is 50.2 Å². The number of aromatic nitrogens is 3. The van der Waals surface area contributed by atoms with Crippen molar-refractivity contribution in [1.82, 2.24) is 14.6 Å². The highest BCUT2D eigenvalue weighted by atomic mass is 35.5. The molecule has 0 saturated carbocycles. The molecular formula is C41H61ClN5O8P. The van der Waals surface area contributed by atoms with Crippen LogP contribution in [0.2, 0.25) is 5.02 Å². The van der Waals surface area contributed by atoms with Crippen molar-refractivity contribution in [3.8, 4) is 11.8 Å². The van der Waals surface area contributed by atoms with Crippen molar-refractivity contribution < 1.29 is 37.1 Å². The van der Waals surface area contributed by atoms with Gasteiger partial charge in [0, 0.05) is 13.2 Å². The summed E-state index contributed by atoms with van der Waals surface area (Å²) >= 11 is 6.36. The Morgan fingerprint density at radius 1 is 0.857 bits per heavy atom. The number of nitriles is 1. The summed E-state index contributed by atoms with van der Waals surface area (Å²) in [6, 6.07) is 12.3. The van der Waals surface area contributed by atoms with Gasteiger partial charge in [0.05, 0.1) is 23.9 Å². The van der Waals surface area contributed by atoms with Gasteiger partial charge < -0.3 is 29.2 Å². The van der Waals surface area contributed by atoms with Crippen molar-refractivity contribution in [3.05, 3.63) is 53.4 Å². The van der Waals surface area contributed by atoms with E-state index in [2.05, 4.69) is 23.1 Å². The Hall–Kier alpha value is -2.79. The van der Waals surface area contributed by atoms with E-state index in [1.165, 1.54) is 94.3 Å². The van der Waals surface area contributed by atoms with Crippen LogP contribution in [0.15, 0.2) is 42.7 Å². The van der Waals surface area contributed by atoms with E-state index < -0.39 is 37.5 Å². The molecule has 1 aromatic carbocycles. The molecule has 2 saturated heterocycles. The lowest BCUT2D eigenvalue weighted by molar-refractivity contribution is -0.204. The van der Waals surface area contributed by atoms with Gasteiger partial charge in [0.2, 0.25) is 5.60 Å². The van der Waals surface area contributed by atoms with Crippen molar-refractivity contribution in [1.29, 1.82) is 5.26 Å². The number of nitrogen functional groups attached to an aromatic ring is 1. The van der Waals surface area contributed by atoms with E-state index >= 15 is 0 Å². The molecule has 0 spiro atoms. The fourth-order valence-electron chi connectivity index (χ4n) is 7.37. The number of halogens is 1. The average molecular weight is 818 g/mol. The normalized spacial score (nSPS) is 22.6. The zero-order valence-electron chi connectivity index (χ0n) is 33.4. The van der Waals surface area contributed by atoms with E-state index in [0.29, 0.717) is 30.8 Å². The maximum absolute atomic E-state index is 14.2. The van der Waals surface area contributed by atoms with Crippen LogP contribution in [-0.2, 0) is 38.2 Å². The molecule has 4 heterocycles. The lowest BCUT2D eigenvalue weighted by Gasteiger charge is -2.29. The van der Waals surface area contributed by atoms with Crippen LogP contribution in [0.5, 0.6) is 5.75 Å². The van der Waals surface area contributed by atoms with Crippen molar-refractivity contribution in [2.45, 2.75) is 153 Å². The van der Waals surface area contributed by atoms with Gasteiger partial charge >= 0.3 is 7.82 Å². The van der Waals surface area contributed by atoms with Crippen molar-refractivity contribution in [2.75, 3.05) is 32.2 Å². The highest BCUT2D eigenvalue weighted by Crippen LogP contribution is 2.54. The number of phosphoric ester groups is 1. The molecule has 2 fully saturated rings. The Morgan fingerprint density at radius 3 is 2.16 bits per heavy atom. The monoisotopic (exact) mass is 817 g/mol. The number of hydrogen-bond acceptors (Lipinski definition) is 12. The van der Waals surface area contributed by atoms with Crippen LogP contribution in [0.4, 0.5) is 5.82 Å². The summed E-state index contributed by atoms with van der Waals surface area (Å²) < 4.78 is 58.0. The second kappa shape index (κ2) is 21.8. The quantitative estimate of drug-likeness (QED) is 0.0573. The number of benzene rings is 1. The smallest absolute Gasteiger partial charge is 0.402 e. The summed E-state index contributed by atoms with van der Waals surface area (Å²) in [7, 11) is -4.28. The number of para-hydroxylation sites is 1. The van der Waals surface area contributed by atoms with Crippen LogP contribution in [0, 0.1) is 11.3 Å². The maximum atomic E-state index is 14.2. The summed E-state index contributed by atoms with van der Waals surface area (Å²) in [6.07, 6.45) is 18.9. The lowest BCUT2D eigenvalue weighted by atomic mass is 9.92. The number of nitrogens with zero attached hydrogens (tertiary/aromatic N) is 4. The second-order valence-electron chi connectivity index (χ2n) is 15.2. The zero-order valence-corrected chi connectivity index (χ0v) is 35.0. The van der Waals surface area contributed by atoms with Gasteiger partial charge in [-0.25, -0.2) is 14.1 Å². The average Bonchev–Trinajstić information content (AvgIpc) is 3.85. The molecule has 5 rings (SSSR count). The van der Waals surface area contributed by atoms with Crippen molar-refractivity contribution in [3.63, 3.8) is 0 Å². The minimum absolute atomic E-state index is 0.0458. The fraction of sp³-hybridized carbons (Fsp3) is 0.683. The van der Waals surface area contributed by atoms with Crippen molar-refractivity contribution >= 4 is 30.8 Å². The summed E-state index contributed by atoms with van der Waals surface area (Å²) in [5.41, 5.74) is 5.27. The van der Waals surface area contributed by atoms with E-state index in [4.69, 9.17) is 49.9 Å². The molecule has 13 nitrogen and oxygen atoms in total. The molecular weight excluding hydrogens is 757 g/mol. The third-order valence-electron chi connectivity index (χ3n) is 10.3. The third kappa shape index (κ3) is 12.1. The molecule has 310 valence electrons. The molecule has 2 aliphatic rings. The lowest BCUT2D eigenvalue weighted by Crippen LogP contribution is -2.40. The number of hydrogen-bond donors (Lipinski definition) is 1. The minimum atomic E-state index is -4.28. The highest BCUT2D eigenvalue weighted by molar-refractivity contribution is 7.48. The van der Waals surface area contributed by atoms with Crippen LogP contribution in [0.1, 0.15) is 129 Å². The molecule has 2 aliphatic heterocycles. The van der Waals surface area contributed by atoms with Gasteiger partial charge in [0.25, 0.3) is 0 Å². The second-order valence-corrected chi connectivity index (χ2v) is 17.2. The van der Waals surface area contributed by atoms with E-state index in [-0.39, 0.29) is 29.8 Å². The number of ether oxygens (including phenoxy) is 4. The largest absolute Gasteiger partial charge is 0.530 e. The zero-order chi connectivity index (χ0) is 39.9. The molecule has 0 amide bonds. The topological polar surface area (TPSA) is 162 Å². The Morgan fingerprint density at radius 2 is 1.50 bits per heavy atom. The first-order valence-corrected chi connectivity index (χ1v) is 22.4. The number of phosphoric acid groups is 1. The van der Waals surface area contributed by atoms with Gasteiger partial charge in [-0.15, -0.1) is 0 Å². The maximum Gasteiger partial charge on any atom is 0.530 e. The number of nitrogens with two attached hydrogens (primary N) is 1. The summed E-state index contributed by atoms with van der Waals surface area (Å²) in [6.45, 7) is 6.59. The van der Waals surface area contributed by atoms with Gasteiger partial charge in [-0.05, 0) is 51.0 Å². The van der Waals surface area contributed by atoms with Crippen LogP contribution >= 0.6 is 19.4 Å². The Balaban J connectivity index is 1.06. The molecule has 5 atom stereocenters. The first kappa shape index (κ1) is 44.3. The Labute approximate surface area is 337 Å². The molecule has 56 heavy (non-hydrogen) atoms. The molecule has 15 heteroatoms. The number of rotatable bonds is 27. The van der Waals surface area contributed by atoms with Crippen LogP contribution in [0.3, 0.4) is 0 Å². The number of anilines is 1. The molecule has 0 bridgehead atoms. The minimum Gasteiger partial charge on any atom is -0.402 e. The highest BCUT2D eigenvalue weighted by Gasteiger charge is 2.65. The summed E-state index contributed by atoms with van der Waals surface area (Å²) in [5, 5.41) is 15.2. The van der Waals surface area contributed by atoms with Gasteiger partial charge in [-0.2, -0.15) is 10.4 Å². The van der Waals surface area contributed by atoms with E-state index in [1.807, 2.05) is 0 Å². The van der Waals surface area contributed by atoms with Crippen molar-refractivity contribution in [2.24, 2.45) is 0 Å². The van der Waals surface area contributed by atoms with Crippen LogP contribution in [-0.4, -0.2) is 65.1 Å². The summed E-state index contributed by atoms with van der Waals surface area (Å²) in [5.74, 6) is -0.679.